The number of hydrogen-bond acceptors (Lipinski definition) is 3. The van der Waals surface area contributed by atoms with E-state index in [1.54, 1.807) is 19.3 Å². The molecule has 1 aliphatic rings. The number of furan rings is 1. The monoisotopic (exact) mass is 236 g/mol. The summed E-state index contributed by atoms with van der Waals surface area (Å²) in [5.41, 5.74) is 0.645. The van der Waals surface area contributed by atoms with Gasteiger partial charge in [-0.15, -0.1) is 0 Å². The molecule has 4 nitrogen and oxygen atoms in total. The summed E-state index contributed by atoms with van der Waals surface area (Å²) < 4.78 is 5.11. The van der Waals surface area contributed by atoms with Gasteiger partial charge in [0.1, 0.15) is 5.76 Å². The lowest BCUT2D eigenvalue weighted by molar-refractivity contribution is 0.0949. The number of hydrogen-bond donors (Lipinski definition) is 2. The van der Waals surface area contributed by atoms with Crippen molar-refractivity contribution in [2.45, 2.75) is 26.2 Å². The predicted molar refractivity (Wildman–Crippen MR) is 66.0 cm³/mol. The van der Waals surface area contributed by atoms with Crippen LogP contribution in [-0.4, -0.2) is 25.5 Å². The molecule has 1 aromatic rings. The molecule has 0 spiro atoms. The largest absolute Gasteiger partial charge is 0.469 e. The summed E-state index contributed by atoms with van der Waals surface area (Å²) in [4.78, 5) is 11.8. The van der Waals surface area contributed by atoms with Gasteiger partial charge in [0.05, 0.1) is 11.8 Å². The lowest BCUT2D eigenvalue weighted by atomic mass is 9.96. The van der Waals surface area contributed by atoms with Gasteiger partial charge in [-0.1, -0.05) is 0 Å². The molecule has 17 heavy (non-hydrogen) atoms. The molecule has 0 aromatic carbocycles. The Morgan fingerprint density at radius 2 is 2.53 bits per heavy atom. The van der Waals surface area contributed by atoms with Gasteiger partial charge in [-0.25, -0.2) is 0 Å². The Morgan fingerprint density at radius 1 is 1.65 bits per heavy atom. The second-order valence-corrected chi connectivity index (χ2v) is 4.65. The maximum atomic E-state index is 11.8. The molecule has 0 bridgehead atoms. The fourth-order valence-corrected chi connectivity index (χ4v) is 2.28. The Bertz CT molecular complexity index is 367. The van der Waals surface area contributed by atoms with Gasteiger partial charge in [0.2, 0.25) is 0 Å². The molecule has 0 aliphatic carbocycles. The van der Waals surface area contributed by atoms with Gasteiger partial charge in [-0.05, 0) is 51.3 Å². The zero-order chi connectivity index (χ0) is 12.1. The van der Waals surface area contributed by atoms with Crippen molar-refractivity contribution in [3.05, 3.63) is 23.7 Å². The minimum absolute atomic E-state index is 0.0278. The van der Waals surface area contributed by atoms with Crippen LogP contribution >= 0.6 is 0 Å². The first-order valence-corrected chi connectivity index (χ1v) is 6.30. The van der Waals surface area contributed by atoms with Crippen molar-refractivity contribution in [3.8, 4) is 0 Å². The third-order valence-corrected chi connectivity index (χ3v) is 3.34. The summed E-state index contributed by atoms with van der Waals surface area (Å²) in [6.07, 6.45) is 5.12. The van der Waals surface area contributed by atoms with Crippen molar-refractivity contribution in [1.82, 2.24) is 10.6 Å². The van der Waals surface area contributed by atoms with E-state index in [0.717, 1.165) is 26.1 Å². The Hall–Kier alpha value is -1.29. The molecule has 1 aliphatic heterocycles. The van der Waals surface area contributed by atoms with E-state index in [-0.39, 0.29) is 5.91 Å². The summed E-state index contributed by atoms with van der Waals surface area (Å²) in [6, 6.07) is 1.72. The number of piperidine rings is 1. The average Bonchev–Trinajstić information content (AvgIpc) is 2.77. The highest BCUT2D eigenvalue weighted by Crippen LogP contribution is 2.13. The van der Waals surface area contributed by atoms with Gasteiger partial charge in [0, 0.05) is 6.54 Å². The third-order valence-electron chi connectivity index (χ3n) is 3.34. The van der Waals surface area contributed by atoms with Crippen LogP contribution in [0.25, 0.3) is 0 Å². The highest BCUT2D eigenvalue weighted by atomic mass is 16.3. The molecule has 1 fully saturated rings. The Kier molecular flexibility index (Phi) is 4.20. The van der Waals surface area contributed by atoms with E-state index in [9.17, 15) is 4.79 Å². The van der Waals surface area contributed by atoms with E-state index in [4.69, 9.17) is 4.42 Å². The van der Waals surface area contributed by atoms with Gasteiger partial charge in [0.25, 0.3) is 5.91 Å². The molecule has 1 saturated heterocycles. The topological polar surface area (TPSA) is 54.3 Å². The van der Waals surface area contributed by atoms with Crippen LogP contribution in [-0.2, 0) is 0 Å². The molecule has 1 aromatic heterocycles. The molecular weight excluding hydrogens is 216 g/mol. The summed E-state index contributed by atoms with van der Waals surface area (Å²) >= 11 is 0. The van der Waals surface area contributed by atoms with Crippen molar-refractivity contribution < 1.29 is 9.21 Å². The van der Waals surface area contributed by atoms with E-state index < -0.39 is 0 Å². The summed E-state index contributed by atoms with van der Waals surface area (Å²) in [6.45, 7) is 4.77. The van der Waals surface area contributed by atoms with Crippen LogP contribution in [0.3, 0.4) is 0 Å². The van der Waals surface area contributed by atoms with Gasteiger partial charge < -0.3 is 15.1 Å². The molecule has 0 radical (unpaired) electrons. The van der Waals surface area contributed by atoms with Crippen LogP contribution in [0.15, 0.2) is 16.7 Å². The standard InChI is InChI=1S/C13H20N2O2/c1-10-12(5-8-17-10)13(16)15-7-4-11-3-2-6-14-9-11/h5,8,11,14H,2-4,6-7,9H2,1H3,(H,15,16). The van der Waals surface area contributed by atoms with E-state index in [0.29, 0.717) is 17.2 Å². The quantitative estimate of drug-likeness (QED) is 0.836. The van der Waals surface area contributed by atoms with Crippen molar-refractivity contribution >= 4 is 5.91 Å². The van der Waals surface area contributed by atoms with Crippen LogP contribution in [0.4, 0.5) is 0 Å². The normalized spacial score (nSPS) is 20.2. The Balaban J connectivity index is 1.71. The first-order valence-electron chi connectivity index (χ1n) is 6.30. The Labute approximate surface area is 102 Å². The Morgan fingerprint density at radius 3 is 3.18 bits per heavy atom. The first kappa shape index (κ1) is 12.2. The fourth-order valence-electron chi connectivity index (χ4n) is 2.28. The number of amides is 1. The van der Waals surface area contributed by atoms with Gasteiger partial charge in [-0.3, -0.25) is 4.79 Å². The van der Waals surface area contributed by atoms with Crippen LogP contribution in [0, 0.1) is 12.8 Å². The second kappa shape index (κ2) is 5.87. The maximum absolute atomic E-state index is 11.8. The highest BCUT2D eigenvalue weighted by molar-refractivity contribution is 5.94. The zero-order valence-electron chi connectivity index (χ0n) is 10.3. The molecule has 1 atom stereocenters. The first-order chi connectivity index (χ1) is 8.27. The van der Waals surface area contributed by atoms with E-state index >= 15 is 0 Å². The number of rotatable bonds is 4. The number of aryl methyl sites for hydroxylation is 1. The third kappa shape index (κ3) is 3.33. The van der Waals surface area contributed by atoms with Crippen LogP contribution in [0.1, 0.15) is 35.4 Å². The predicted octanol–water partition coefficient (Wildman–Crippen LogP) is 1.71. The number of carbonyl (C=O) groups is 1. The van der Waals surface area contributed by atoms with Gasteiger partial charge >= 0.3 is 0 Å². The van der Waals surface area contributed by atoms with E-state index in [1.165, 1.54) is 12.8 Å². The van der Waals surface area contributed by atoms with Crippen LogP contribution < -0.4 is 10.6 Å². The maximum Gasteiger partial charge on any atom is 0.254 e. The number of carbonyl (C=O) groups excluding carboxylic acids is 1. The van der Waals surface area contributed by atoms with Crippen molar-refractivity contribution in [2.24, 2.45) is 5.92 Å². The zero-order valence-corrected chi connectivity index (χ0v) is 10.3. The van der Waals surface area contributed by atoms with Crippen molar-refractivity contribution in [1.29, 1.82) is 0 Å². The lowest BCUT2D eigenvalue weighted by Gasteiger charge is -2.22. The molecule has 1 amide bonds. The molecule has 2 rings (SSSR count). The molecular formula is C13H20N2O2. The SMILES string of the molecule is Cc1occc1C(=O)NCCC1CCCNC1. The minimum atomic E-state index is -0.0278. The summed E-state index contributed by atoms with van der Waals surface area (Å²) in [5, 5.41) is 6.33. The minimum Gasteiger partial charge on any atom is -0.469 e. The smallest absolute Gasteiger partial charge is 0.254 e. The molecule has 0 saturated carbocycles. The fraction of sp³-hybridized carbons (Fsp3) is 0.615. The molecule has 2 N–H and O–H groups in total. The number of nitrogens with one attached hydrogen (secondary N) is 2. The van der Waals surface area contributed by atoms with Crippen LogP contribution in [0.5, 0.6) is 0 Å². The van der Waals surface area contributed by atoms with Gasteiger partial charge in [-0.2, -0.15) is 0 Å². The molecule has 4 heteroatoms. The van der Waals surface area contributed by atoms with E-state index in [2.05, 4.69) is 10.6 Å². The average molecular weight is 236 g/mol. The van der Waals surface area contributed by atoms with E-state index in [1.807, 2.05) is 0 Å². The second-order valence-electron chi connectivity index (χ2n) is 4.65. The van der Waals surface area contributed by atoms with Crippen molar-refractivity contribution in [3.63, 3.8) is 0 Å². The van der Waals surface area contributed by atoms with Gasteiger partial charge in [0.15, 0.2) is 0 Å². The summed E-state index contributed by atoms with van der Waals surface area (Å²) in [7, 11) is 0. The lowest BCUT2D eigenvalue weighted by Crippen LogP contribution is -2.33. The van der Waals surface area contributed by atoms with Crippen molar-refractivity contribution in [2.75, 3.05) is 19.6 Å². The highest BCUT2D eigenvalue weighted by Gasteiger charge is 2.14. The molecule has 1 unspecified atom stereocenters. The summed E-state index contributed by atoms with van der Waals surface area (Å²) in [5.74, 6) is 1.36. The van der Waals surface area contributed by atoms with Crippen LogP contribution in [0.2, 0.25) is 0 Å². The molecule has 94 valence electrons. The molecule has 2 heterocycles.